The van der Waals surface area contributed by atoms with Crippen LogP contribution in [-0.2, 0) is 11.3 Å². The van der Waals surface area contributed by atoms with Crippen LogP contribution in [0.2, 0.25) is 0 Å². The Morgan fingerprint density at radius 2 is 1.97 bits per heavy atom. The van der Waals surface area contributed by atoms with Crippen molar-refractivity contribution in [3.63, 3.8) is 0 Å². The minimum absolute atomic E-state index is 0.0469. The number of likely N-dealkylation sites (tertiary alicyclic amines) is 1. The molecule has 1 aromatic carbocycles. The molecule has 1 fully saturated rings. The molecule has 1 aliphatic heterocycles. The molecule has 0 aliphatic carbocycles. The topological polar surface area (TPSA) is 106 Å². The first-order valence-electron chi connectivity index (χ1n) is 11.1. The molecule has 2 amide bonds. The lowest BCUT2D eigenvalue weighted by molar-refractivity contribution is 0.0723. The number of benzene rings is 1. The fourth-order valence-corrected chi connectivity index (χ4v) is 4.01. The molecule has 0 radical (unpaired) electrons. The van der Waals surface area contributed by atoms with Gasteiger partial charge in [0.05, 0.1) is 5.56 Å². The third-order valence-corrected chi connectivity index (χ3v) is 5.72. The lowest BCUT2D eigenvalue weighted by Crippen LogP contribution is -2.35. The molecule has 4 rings (SSSR count). The maximum Gasteiger partial charge on any atom is 0.257 e. The number of amides is 2. The average Bonchev–Trinajstić information content (AvgIpc) is 3.20. The summed E-state index contributed by atoms with van der Waals surface area (Å²) in [5.74, 6) is -0.0985. The smallest absolute Gasteiger partial charge is 0.257 e. The number of rotatable bonds is 8. The van der Waals surface area contributed by atoms with Gasteiger partial charge in [-0.05, 0) is 43.9 Å². The maximum atomic E-state index is 12.9. The largest absolute Gasteiger partial charge is 0.385 e. The van der Waals surface area contributed by atoms with Crippen LogP contribution in [0.3, 0.4) is 0 Å². The SMILES string of the molecule is COCCCn1c(NC(=O)c2cccc(C=O)c2)nc2cc(C(=O)N3CCCCC3)cnc21. The number of carbonyl (C=O) groups excluding carboxylic acids is 3. The maximum absolute atomic E-state index is 12.9. The first-order chi connectivity index (χ1) is 16.1. The van der Waals surface area contributed by atoms with Gasteiger partial charge in [0.1, 0.15) is 11.8 Å². The van der Waals surface area contributed by atoms with Gasteiger partial charge in [0, 0.05) is 50.7 Å². The molecule has 1 N–H and O–H groups in total. The summed E-state index contributed by atoms with van der Waals surface area (Å²) >= 11 is 0. The number of nitrogens with zero attached hydrogens (tertiary/aromatic N) is 4. The summed E-state index contributed by atoms with van der Waals surface area (Å²) in [7, 11) is 1.63. The zero-order chi connectivity index (χ0) is 23.2. The van der Waals surface area contributed by atoms with Crippen molar-refractivity contribution in [1.82, 2.24) is 19.4 Å². The number of pyridine rings is 1. The fraction of sp³-hybridized carbons (Fsp3) is 0.375. The van der Waals surface area contributed by atoms with Gasteiger partial charge in [-0.3, -0.25) is 24.3 Å². The van der Waals surface area contributed by atoms with E-state index in [9.17, 15) is 14.4 Å². The molecule has 3 heterocycles. The summed E-state index contributed by atoms with van der Waals surface area (Å²) in [5, 5.41) is 2.83. The Kier molecular flexibility index (Phi) is 7.09. The van der Waals surface area contributed by atoms with Crippen molar-refractivity contribution >= 4 is 35.2 Å². The number of aldehydes is 1. The molecule has 172 valence electrons. The molecule has 0 saturated carbocycles. The Labute approximate surface area is 191 Å². The third kappa shape index (κ3) is 5.09. The van der Waals surface area contributed by atoms with E-state index >= 15 is 0 Å². The number of imidazole rings is 1. The van der Waals surface area contributed by atoms with Gasteiger partial charge < -0.3 is 9.64 Å². The van der Waals surface area contributed by atoms with E-state index in [0.29, 0.717) is 59.7 Å². The van der Waals surface area contributed by atoms with Crippen molar-refractivity contribution in [3.8, 4) is 0 Å². The molecular formula is C24H27N5O4. The van der Waals surface area contributed by atoms with E-state index in [2.05, 4.69) is 15.3 Å². The highest BCUT2D eigenvalue weighted by Gasteiger charge is 2.21. The van der Waals surface area contributed by atoms with E-state index in [1.807, 2.05) is 9.47 Å². The van der Waals surface area contributed by atoms with E-state index in [-0.39, 0.29) is 11.8 Å². The highest BCUT2D eigenvalue weighted by molar-refractivity contribution is 6.05. The van der Waals surface area contributed by atoms with E-state index in [4.69, 9.17) is 4.74 Å². The predicted molar refractivity (Wildman–Crippen MR) is 124 cm³/mol. The third-order valence-electron chi connectivity index (χ3n) is 5.72. The van der Waals surface area contributed by atoms with Gasteiger partial charge in [0.2, 0.25) is 5.95 Å². The van der Waals surface area contributed by atoms with E-state index in [0.717, 1.165) is 32.4 Å². The number of nitrogens with one attached hydrogen (secondary N) is 1. The molecule has 9 heteroatoms. The molecule has 1 saturated heterocycles. The van der Waals surface area contributed by atoms with E-state index < -0.39 is 0 Å². The highest BCUT2D eigenvalue weighted by Crippen LogP contribution is 2.22. The van der Waals surface area contributed by atoms with Crippen LogP contribution in [0.15, 0.2) is 36.5 Å². The molecule has 3 aromatic rings. The second-order valence-electron chi connectivity index (χ2n) is 8.05. The number of fused-ring (bicyclic) bond motifs is 1. The van der Waals surface area contributed by atoms with Crippen LogP contribution in [0.1, 0.15) is 56.8 Å². The fourth-order valence-electron chi connectivity index (χ4n) is 4.01. The van der Waals surface area contributed by atoms with Crippen LogP contribution in [0.25, 0.3) is 11.2 Å². The summed E-state index contributed by atoms with van der Waals surface area (Å²) in [6, 6.07) is 8.17. The Hall–Kier alpha value is -3.59. The van der Waals surface area contributed by atoms with Gasteiger partial charge >= 0.3 is 0 Å². The van der Waals surface area contributed by atoms with Gasteiger partial charge in [-0.25, -0.2) is 9.97 Å². The van der Waals surface area contributed by atoms with Gasteiger partial charge in [-0.2, -0.15) is 0 Å². The number of carbonyl (C=O) groups is 3. The first-order valence-corrected chi connectivity index (χ1v) is 11.1. The Balaban J connectivity index is 1.64. The number of aryl methyl sites for hydroxylation is 1. The van der Waals surface area contributed by atoms with Crippen molar-refractivity contribution in [3.05, 3.63) is 53.2 Å². The lowest BCUT2D eigenvalue weighted by Gasteiger charge is -2.26. The van der Waals surface area contributed by atoms with Gasteiger partial charge in [-0.1, -0.05) is 12.1 Å². The minimum atomic E-state index is -0.383. The van der Waals surface area contributed by atoms with Crippen LogP contribution in [0.5, 0.6) is 0 Å². The second kappa shape index (κ2) is 10.4. The van der Waals surface area contributed by atoms with Crippen LogP contribution >= 0.6 is 0 Å². The van der Waals surface area contributed by atoms with Crippen LogP contribution in [0.4, 0.5) is 5.95 Å². The molecule has 33 heavy (non-hydrogen) atoms. The summed E-state index contributed by atoms with van der Waals surface area (Å²) in [6.45, 7) is 2.58. The number of anilines is 1. The molecule has 9 nitrogen and oxygen atoms in total. The number of hydrogen-bond acceptors (Lipinski definition) is 6. The van der Waals surface area contributed by atoms with Crippen molar-refractivity contribution in [2.45, 2.75) is 32.2 Å². The Morgan fingerprint density at radius 3 is 2.73 bits per heavy atom. The molecule has 0 unspecified atom stereocenters. The molecular weight excluding hydrogens is 422 g/mol. The zero-order valence-corrected chi connectivity index (χ0v) is 18.6. The predicted octanol–water partition coefficient (Wildman–Crippen LogP) is 3.16. The summed E-state index contributed by atoms with van der Waals surface area (Å²) < 4.78 is 6.97. The number of methoxy groups -OCH3 is 1. The number of aromatic nitrogens is 3. The molecule has 2 aromatic heterocycles. The highest BCUT2D eigenvalue weighted by atomic mass is 16.5. The van der Waals surface area contributed by atoms with Crippen molar-refractivity contribution in [2.75, 3.05) is 32.1 Å². The molecule has 0 atom stereocenters. The Morgan fingerprint density at radius 1 is 1.15 bits per heavy atom. The number of piperidine rings is 1. The Bertz CT molecular complexity index is 1170. The molecule has 0 spiro atoms. The van der Waals surface area contributed by atoms with E-state index in [1.165, 1.54) is 6.07 Å². The van der Waals surface area contributed by atoms with Crippen LogP contribution < -0.4 is 5.32 Å². The van der Waals surface area contributed by atoms with Crippen molar-refractivity contribution in [2.24, 2.45) is 0 Å². The van der Waals surface area contributed by atoms with Crippen LogP contribution in [-0.4, -0.2) is 64.3 Å². The summed E-state index contributed by atoms with van der Waals surface area (Å²) in [4.78, 5) is 47.7. The van der Waals surface area contributed by atoms with Crippen LogP contribution in [0, 0.1) is 0 Å². The quantitative estimate of drug-likeness (QED) is 0.418. The summed E-state index contributed by atoms with van der Waals surface area (Å²) in [6.07, 6.45) is 6.13. The number of hydrogen-bond donors (Lipinski definition) is 1. The van der Waals surface area contributed by atoms with Crippen molar-refractivity contribution < 1.29 is 19.1 Å². The second-order valence-corrected chi connectivity index (χ2v) is 8.05. The van der Waals surface area contributed by atoms with Gasteiger partial charge in [0.15, 0.2) is 5.65 Å². The first kappa shape index (κ1) is 22.6. The van der Waals surface area contributed by atoms with E-state index in [1.54, 1.807) is 37.6 Å². The lowest BCUT2D eigenvalue weighted by atomic mass is 10.1. The monoisotopic (exact) mass is 449 g/mol. The average molecular weight is 450 g/mol. The van der Waals surface area contributed by atoms with Crippen molar-refractivity contribution in [1.29, 1.82) is 0 Å². The summed E-state index contributed by atoms with van der Waals surface area (Å²) in [5.41, 5.74) is 2.37. The standard InChI is InChI=1S/C24H27N5O4/c1-33-12-6-11-29-21-20(14-19(15-25-21)23(32)28-9-3-2-4-10-28)26-24(29)27-22(31)18-8-5-7-17(13-18)16-30/h5,7-8,13-16H,2-4,6,9-12H2,1H3,(H,26,27,31). The minimum Gasteiger partial charge on any atom is -0.385 e. The molecule has 0 bridgehead atoms. The number of ether oxygens (including phenoxy) is 1. The van der Waals surface area contributed by atoms with Gasteiger partial charge in [-0.15, -0.1) is 0 Å². The molecule has 1 aliphatic rings. The zero-order valence-electron chi connectivity index (χ0n) is 18.6. The normalized spacial score (nSPS) is 13.8. The van der Waals surface area contributed by atoms with Gasteiger partial charge in [0.25, 0.3) is 11.8 Å².